The Labute approximate surface area is 84.4 Å². The van der Waals surface area contributed by atoms with Gasteiger partial charge in [-0.05, 0) is 25.9 Å². The van der Waals surface area contributed by atoms with Crippen LogP contribution < -0.4 is 10.2 Å². The topological polar surface area (TPSA) is 41.1 Å². The van der Waals surface area contributed by atoms with Gasteiger partial charge in [0.1, 0.15) is 5.82 Å². The first-order chi connectivity index (χ1) is 6.88. The van der Waals surface area contributed by atoms with Crippen LogP contribution >= 0.6 is 0 Å². The Hall–Kier alpha value is -1.16. The second kappa shape index (κ2) is 4.37. The van der Waals surface area contributed by atoms with Gasteiger partial charge in [-0.2, -0.15) is 0 Å². The van der Waals surface area contributed by atoms with Crippen molar-refractivity contribution in [2.45, 2.75) is 18.9 Å². The molecule has 2 heterocycles. The largest absolute Gasteiger partial charge is 0.355 e. The molecule has 4 heteroatoms. The van der Waals surface area contributed by atoms with E-state index in [-0.39, 0.29) is 0 Å². The summed E-state index contributed by atoms with van der Waals surface area (Å²) < 4.78 is 0. The van der Waals surface area contributed by atoms with Gasteiger partial charge in [0.05, 0.1) is 6.20 Å². The van der Waals surface area contributed by atoms with Gasteiger partial charge in [-0.15, -0.1) is 0 Å². The predicted molar refractivity (Wildman–Crippen MR) is 56.3 cm³/mol. The van der Waals surface area contributed by atoms with Crippen LogP contribution in [-0.2, 0) is 0 Å². The average molecular weight is 192 g/mol. The number of hydrogen-bond donors (Lipinski definition) is 1. The monoisotopic (exact) mass is 192 g/mol. The van der Waals surface area contributed by atoms with Gasteiger partial charge in [0, 0.05) is 25.5 Å². The van der Waals surface area contributed by atoms with Crippen LogP contribution in [0.5, 0.6) is 0 Å². The van der Waals surface area contributed by atoms with E-state index in [1.807, 2.05) is 6.20 Å². The number of nitrogens with one attached hydrogen (secondary N) is 1. The van der Waals surface area contributed by atoms with Crippen molar-refractivity contribution in [3.8, 4) is 0 Å². The minimum Gasteiger partial charge on any atom is -0.355 e. The first-order valence-electron chi connectivity index (χ1n) is 5.07. The van der Waals surface area contributed by atoms with Gasteiger partial charge >= 0.3 is 0 Å². The third kappa shape index (κ3) is 2.01. The molecule has 1 fully saturated rings. The maximum Gasteiger partial charge on any atom is 0.147 e. The Kier molecular flexibility index (Phi) is 2.93. The highest BCUT2D eigenvalue weighted by atomic mass is 15.2. The first-order valence-corrected chi connectivity index (χ1v) is 5.07. The van der Waals surface area contributed by atoms with E-state index in [4.69, 9.17) is 0 Å². The summed E-state index contributed by atoms with van der Waals surface area (Å²) in [6.45, 7) is 2.21. The highest BCUT2D eigenvalue weighted by molar-refractivity contribution is 5.35. The molecule has 0 aromatic carbocycles. The van der Waals surface area contributed by atoms with E-state index < -0.39 is 0 Å². The maximum absolute atomic E-state index is 4.30. The van der Waals surface area contributed by atoms with Crippen LogP contribution in [0.1, 0.15) is 12.8 Å². The third-order valence-electron chi connectivity index (χ3n) is 2.77. The molecular formula is C10H16N4. The van der Waals surface area contributed by atoms with Crippen LogP contribution in [0.4, 0.5) is 5.82 Å². The molecule has 2 rings (SSSR count). The van der Waals surface area contributed by atoms with Crippen molar-refractivity contribution in [1.82, 2.24) is 15.3 Å². The van der Waals surface area contributed by atoms with Crippen LogP contribution in [0.15, 0.2) is 18.6 Å². The molecular weight excluding hydrogens is 176 g/mol. The van der Waals surface area contributed by atoms with E-state index >= 15 is 0 Å². The third-order valence-corrected chi connectivity index (χ3v) is 2.77. The number of aromatic nitrogens is 2. The van der Waals surface area contributed by atoms with Gasteiger partial charge in [-0.3, -0.25) is 4.98 Å². The van der Waals surface area contributed by atoms with Gasteiger partial charge < -0.3 is 10.2 Å². The van der Waals surface area contributed by atoms with E-state index in [0.717, 1.165) is 18.9 Å². The zero-order valence-corrected chi connectivity index (χ0v) is 8.48. The summed E-state index contributed by atoms with van der Waals surface area (Å²) in [6.07, 6.45) is 7.65. The molecule has 1 aromatic heterocycles. The molecule has 0 amide bonds. The lowest BCUT2D eigenvalue weighted by atomic mass is 10.1. The predicted octanol–water partition coefficient (Wildman–Crippen LogP) is 0.665. The van der Waals surface area contributed by atoms with E-state index in [0.29, 0.717) is 6.04 Å². The molecule has 0 radical (unpaired) electrons. The Morgan fingerprint density at radius 2 is 2.14 bits per heavy atom. The van der Waals surface area contributed by atoms with E-state index in [9.17, 15) is 0 Å². The van der Waals surface area contributed by atoms with E-state index in [1.165, 1.54) is 12.8 Å². The summed E-state index contributed by atoms with van der Waals surface area (Å²) in [5.41, 5.74) is 0. The molecule has 1 aliphatic rings. The van der Waals surface area contributed by atoms with Gasteiger partial charge in [0.25, 0.3) is 0 Å². The summed E-state index contributed by atoms with van der Waals surface area (Å²) >= 11 is 0. The molecule has 14 heavy (non-hydrogen) atoms. The van der Waals surface area contributed by atoms with Crippen LogP contribution in [0.2, 0.25) is 0 Å². The summed E-state index contributed by atoms with van der Waals surface area (Å²) in [6, 6.07) is 0.605. The standard InChI is InChI=1S/C10H16N4/c1-14(9-2-4-11-5-3-9)10-8-12-6-7-13-10/h6-9,11H,2-5H2,1H3. The fourth-order valence-electron chi connectivity index (χ4n) is 1.85. The molecule has 0 spiro atoms. The molecule has 0 saturated carbocycles. The lowest BCUT2D eigenvalue weighted by Crippen LogP contribution is -2.41. The van der Waals surface area contributed by atoms with Gasteiger partial charge in [-0.25, -0.2) is 4.98 Å². The van der Waals surface area contributed by atoms with Crippen molar-refractivity contribution in [2.75, 3.05) is 25.0 Å². The van der Waals surface area contributed by atoms with Crippen LogP contribution in [0, 0.1) is 0 Å². The average Bonchev–Trinajstić information content (AvgIpc) is 2.30. The normalized spacial score (nSPS) is 18.1. The summed E-state index contributed by atoms with van der Waals surface area (Å²) in [7, 11) is 2.10. The fraction of sp³-hybridized carbons (Fsp3) is 0.600. The zero-order valence-electron chi connectivity index (χ0n) is 8.48. The Bertz CT molecular complexity index is 269. The Morgan fingerprint density at radius 3 is 2.79 bits per heavy atom. The van der Waals surface area contributed by atoms with Gasteiger partial charge in [0.15, 0.2) is 0 Å². The fourth-order valence-corrected chi connectivity index (χ4v) is 1.85. The van der Waals surface area contributed by atoms with Crippen molar-refractivity contribution in [1.29, 1.82) is 0 Å². The summed E-state index contributed by atoms with van der Waals surface area (Å²) in [4.78, 5) is 10.6. The number of hydrogen-bond acceptors (Lipinski definition) is 4. The molecule has 4 nitrogen and oxygen atoms in total. The second-order valence-corrected chi connectivity index (χ2v) is 3.66. The molecule has 0 unspecified atom stereocenters. The molecule has 0 aliphatic carbocycles. The maximum atomic E-state index is 4.30. The number of anilines is 1. The van der Waals surface area contributed by atoms with Crippen molar-refractivity contribution in [2.24, 2.45) is 0 Å². The van der Waals surface area contributed by atoms with Crippen LogP contribution in [0.3, 0.4) is 0 Å². The van der Waals surface area contributed by atoms with Gasteiger partial charge in [0.2, 0.25) is 0 Å². The molecule has 0 bridgehead atoms. The second-order valence-electron chi connectivity index (χ2n) is 3.66. The Morgan fingerprint density at radius 1 is 1.36 bits per heavy atom. The smallest absolute Gasteiger partial charge is 0.147 e. The zero-order chi connectivity index (χ0) is 9.80. The lowest BCUT2D eigenvalue weighted by molar-refractivity contribution is 0.441. The highest BCUT2D eigenvalue weighted by Gasteiger charge is 2.18. The molecule has 76 valence electrons. The van der Waals surface area contributed by atoms with Crippen molar-refractivity contribution >= 4 is 5.82 Å². The van der Waals surface area contributed by atoms with Crippen LogP contribution in [-0.4, -0.2) is 36.1 Å². The van der Waals surface area contributed by atoms with E-state index in [2.05, 4.69) is 27.2 Å². The summed E-state index contributed by atoms with van der Waals surface area (Å²) in [5.74, 6) is 0.972. The number of nitrogens with zero attached hydrogens (tertiary/aromatic N) is 3. The highest BCUT2D eigenvalue weighted by Crippen LogP contribution is 2.15. The molecule has 0 atom stereocenters. The minimum absolute atomic E-state index is 0.605. The molecule has 1 N–H and O–H groups in total. The molecule has 1 saturated heterocycles. The van der Waals surface area contributed by atoms with E-state index in [1.54, 1.807) is 12.4 Å². The quantitative estimate of drug-likeness (QED) is 0.747. The van der Waals surface area contributed by atoms with Crippen molar-refractivity contribution in [3.63, 3.8) is 0 Å². The van der Waals surface area contributed by atoms with Gasteiger partial charge in [-0.1, -0.05) is 0 Å². The lowest BCUT2D eigenvalue weighted by Gasteiger charge is -2.32. The molecule has 1 aromatic rings. The van der Waals surface area contributed by atoms with Crippen LogP contribution in [0.25, 0.3) is 0 Å². The Balaban J connectivity index is 2.03. The summed E-state index contributed by atoms with van der Waals surface area (Å²) in [5, 5.41) is 3.36. The first kappa shape index (κ1) is 9.40. The van der Waals surface area contributed by atoms with Crippen molar-refractivity contribution in [3.05, 3.63) is 18.6 Å². The van der Waals surface area contributed by atoms with Crippen molar-refractivity contribution < 1.29 is 0 Å². The number of piperidine rings is 1. The minimum atomic E-state index is 0.605. The number of rotatable bonds is 2. The molecule has 1 aliphatic heterocycles. The SMILES string of the molecule is CN(c1cnccn1)C1CCNCC1.